The van der Waals surface area contributed by atoms with Gasteiger partial charge in [-0.1, -0.05) is 5.16 Å². The van der Waals surface area contributed by atoms with Crippen molar-refractivity contribution < 1.29 is 9.32 Å². The zero-order valence-electron chi connectivity index (χ0n) is 9.76. The summed E-state index contributed by atoms with van der Waals surface area (Å²) in [6.07, 6.45) is 6.09. The predicted octanol–water partition coefficient (Wildman–Crippen LogP) is 1.03. The van der Waals surface area contributed by atoms with Crippen molar-refractivity contribution in [1.82, 2.24) is 15.4 Å². The molecule has 1 aromatic rings. The Kier molecular flexibility index (Phi) is 2.84. The third-order valence-corrected chi connectivity index (χ3v) is 3.77. The summed E-state index contributed by atoms with van der Waals surface area (Å²) in [6.45, 7) is 1.91. The van der Waals surface area contributed by atoms with Gasteiger partial charge < -0.3 is 14.7 Å². The highest BCUT2D eigenvalue weighted by molar-refractivity contribution is 5.91. The van der Waals surface area contributed by atoms with Crippen molar-refractivity contribution in [1.29, 1.82) is 0 Å². The SMILES string of the molecule is O=C(c1ccno1)N1CCCC1C1CCCN1. The molecule has 0 bridgehead atoms. The highest BCUT2D eigenvalue weighted by Gasteiger charge is 2.37. The zero-order chi connectivity index (χ0) is 11.7. The number of hydrogen-bond acceptors (Lipinski definition) is 4. The number of aromatic nitrogens is 1. The topological polar surface area (TPSA) is 58.4 Å². The van der Waals surface area contributed by atoms with Crippen LogP contribution in [0.25, 0.3) is 0 Å². The van der Waals surface area contributed by atoms with E-state index in [2.05, 4.69) is 10.5 Å². The van der Waals surface area contributed by atoms with Gasteiger partial charge in [0.15, 0.2) is 0 Å². The van der Waals surface area contributed by atoms with Crippen LogP contribution in [0.1, 0.15) is 36.2 Å². The fraction of sp³-hybridized carbons (Fsp3) is 0.667. The van der Waals surface area contributed by atoms with Crippen LogP contribution in [0.4, 0.5) is 0 Å². The second-order valence-electron chi connectivity index (χ2n) is 4.79. The monoisotopic (exact) mass is 235 g/mol. The van der Waals surface area contributed by atoms with Crippen LogP contribution in [0, 0.1) is 0 Å². The lowest BCUT2D eigenvalue weighted by molar-refractivity contribution is 0.0669. The fourth-order valence-electron chi connectivity index (χ4n) is 2.97. The largest absolute Gasteiger partial charge is 0.351 e. The summed E-state index contributed by atoms with van der Waals surface area (Å²) in [6, 6.07) is 2.43. The van der Waals surface area contributed by atoms with Gasteiger partial charge in [0.25, 0.3) is 5.91 Å². The van der Waals surface area contributed by atoms with Crippen LogP contribution in [0.5, 0.6) is 0 Å². The Labute approximate surface area is 100 Å². The molecule has 2 atom stereocenters. The second-order valence-corrected chi connectivity index (χ2v) is 4.79. The molecule has 1 amide bonds. The van der Waals surface area contributed by atoms with E-state index in [1.165, 1.54) is 19.0 Å². The quantitative estimate of drug-likeness (QED) is 0.831. The molecule has 5 nitrogen and oxygen atoms in total. The van der Waals surface area contributed by atoms with Crippen molar-refractivity contribution in [3.63, 3.8) is 0 Å². The molecule has 0 saturated carbocycles. The minimum atomic E-state index is -0.0151. The van der Waals surface area contributed by atoms with Gasteiger partial charge in [0.05, 0.1) is 6.20 Å². The predicted molar refractivity (Wildman–Crippen MR) is 61.6 cm³/mol. The molecule has 0 radical (unpaired) electrons. The van der Waals surface area contributed by atoms with E-state index in [1.807, 2.05) is 4.90 Å². The van der Waals surface area contributed by atoms with Crippen LogP contribution >= 0.6 is 0 Å². The van der Waals surface area contributed by atoms with Gasteiger partial charge in [-0.2, -0.15) is 0 Å². The van der Waals surface area contributed by atoms with Crippen LogP contribution in [0.2, 0.25) is 0 Å². The van der Waals surface area contributed by atoms with Crippen LogP contribution in [-0.4, -0.2) is 41.1 Å². The highest BCUT2D eigenvalue weighted by Crippen LogP contribution is 2.26. The average Bonchev–Trinajstić information content (AvgIpc) is 3.09. The Balaban J connectivity index is 1.75. The van der Waals surface area contributed by atoms with E-state index in [-0.39, 0.29) is 5.91 Å². The number of amides is 1. The first-order chi connectivity index (χ1) is 8.36. The summed E-state index contributed by atoms with van der Waals surface area (Å²) in [4.78, 5) is 14.2. The number of likely N-dealkylation sites (tertiary alicyclic amines) is 1. The number of carbonyl (C=O) groups is 1. The summed E-state index contributed by atoms with van der Waals surface area (Å²) in [5, 5.41) is 7.09. The minimum absolute atomic E-state index is 0.0151. The first-order valence-corrected chi connectivity index (χ1v) is 6.31. The van der Waals surface area contributed by atoms with Crippen molar-refractivity contribution >= 4 is 5.91 Å². The number of nitrogens with one attached hydrogen (secondary N) is 1. The number of nitrogens with zero attached hydrogens (tertiary/aromatic N) is 2. The van der Waals surface area contributed by atoms with Crippen LogP contribution in [-0.2, 0) is 0 Å². The lowest BCUT2D eigenvalue weighted by Gasteiger charge is -2.28. The van der Waals surface area contributed by atoms with Gasteiger partial charge in [0.1, 0.15) is 0 Å². The summed E-state index contributed by atoms with van der Waals surface area (Å²) >= 11 is 0. The summed E-state index contributed by atoms with van der Waals surface area (Å²) in [5.41, 5.74) is 0. The van der Waals surface area contributed by atoms with Crippen molar-refractivity contribution in [3.05, 3.63) is 18.0 Å². The van der Waals surface area contributed by atoms with E-state index in [1.54, 1.807) is 6.07 Å². The van der Waals surface area contributed by atoms with Crippen molar-refractivity contribution in [2.75, 3.05) is 13.1 Å². The van der Waals surface area contributed by atoms with Crippen molar-refractivity contribution in [3.8, 4) is 0 Å². The second kappa shape index (κ2) is 4.49. The maximum absolute atomic E-state index is 12.2. The smallest absolute Gasteiger partial charge is 0.292 e. The van der Waals surface area contributed by atoms with E-state index in [9.17, 15) is 4.79 Å². The molecule has 2 aliphatic heterocycles. The molecule has 3 rings (SSSR count). The zero-order valence-corrected chi connectivity index (χ0v) is 9.76. The molecule has 2 aliphatic rings. The van der Waals surface area contributed by atoms with E-state index in [4.69, 9.17) is 4.52 Å². The lowest BCUT2D eigenvalue weighted by Crippen LogP contribution is -2.46. The Bertz CT molecular complexity index is 384. The fourth-order valence-corrected chi connectivity index (χ4v) is 2.97. The Hall–Kier alpha value is -1.36. The van der Waals surface area contributed by atoms with Crippen LogP contribution in [0.15, 0.2) is 16.8 Å². The molecule has 2 fully saturated rings. The van der Waals surface area contributed by atoms with Gasteiger partial charge in [-0.3, -0.25) is 4.79 Å². The molecule has 0 aliphatic carbocycles. The number of rotatable bonds is 2. The molecule has 3 heterocycles. The van der Waals surface area contributed by atoms with Crippen LogP contribution in [0.3, 0.4) is 0 Å². The van der Waals surface area contributed by atoms with Gasteiger partial charge >= 0.3 is 0 Å². The normalized spacial score (nSPS) is 28.8. The summed E-state index contributed by atoms with van der Waals surface area (Å²) < 4.78 is 4.96. The van der Waals surface area contributed by atoms with Crippen molar-refractivity contribution in [2.24, 2.45) is 0 Å². The van der Waals surface area contributed by atoms with Gasteiger partial charge in [0, 0.05) is 24.7 Å². The average molecular weight is 235 g/mol. The van der Waals surface area contributed by atoms with Crippen molar-refractivity contribution in [2.45, 2.75) is 37.8 Å². The van der Waals surface area contributed by atoms with Gasteiger partial charge in [0.2, 0.25) is 5.76 Å². The number of hydrogen-bond donors (Lipinski definition) is 1. The maximum atomic E-state index is 12.2. The minimum Gasteiger partial charge on any atom is -0.351 e. The third kappa shape index (κ3) is 1.95. The molecule has 2 saturated heterocycles. The van der Waals surface area contributed by atoms with Gasteiger partial charge in [-0.15, -0.1) is 0 Å². The lowest BCUT2D eigenvalue weighted by atomic mass is 10.0. The molecule has 0 aromatic carbocycles. The van der Waals surface area contributed by atoms with Gasteiger partial charge in [-0.05, 0) is 32.2 Å². The number of carbonyl (C=O) groups excluding carboxylic acids is 1. The molecule has 1 N–H and O–H groups in total. The molecule has 5 heteroatoms. The van der Waals surface area contributed by atoms with E-state index >= 15 is 0 Å². The maximum Gasteiger partial charge on any atom is 0.292 e. The standard InChI is InChI=1S/C12H17N3O2/c16-12(11-5-7-14-17-11)15-8-2-4-10(15)9-3-1-6-13-9/h5,7,9-10,13H,1-4,6,8H2. The van der Waals surface area contributed by atoms with E-state index < -0.39 is 0 Å². The van der Waals surface area contributed by atoms with E-state index in [0.717, 1.165) is 25.9 Å². The first kappa shape index (κ1) is 10.8. The summed E-state index contributed by atoms with van der Waals surface area (Å²) in [5.74, 6) is 0.341. The molecule has 92 valence electrons. The summed E-state index contributed by atoms with van der Waals surface area (Å²) in [7, 11) is 0. The molecule has 0 spiro atoms. The van der Waals surface area contributed by atoms with Gasteiger partial charge in [-0.25, -0.2) is 0 Å². The molecular formula is C12H17N3O2. The third-order valence-electron chi connectivity index (χ3n) is 3.77. The Morgan fingerprint density at radius 3 is 3.12 bits per heavy atom. The Morgan fingerprint density at radius 1 is 1.47 bits per heavy atom. The molecular weight excluding hydrogens is 218 g/mol. The first-order valence-electron chi connectivity index (χ1n) is 6.31. The molecule has 17 heavy (non-hydrogen) atoms. The highest BCUT2D eigenvalue weighted by atomic mass is 16.5. The van der Waals surface area contributed by atoms with E-state index in [0.29, 0.717) is 17.8 Å². The Morgan fingerprint density at radius 2 is 2.41 bits per heavy atom. The molecule has 2 unspecified atom stereocenters. The molecule has 1 aromatic heterocycles. The van der Waals surface area contributed by atoms with Crippen LogP contribution < -0.4 is 5.32 Å².